The first-order valence-corrected chi connectivity index (χ1v) is 7.16. The first kappa shape index (κ1) is 13.8. The zero-order valence-electron chi connectivity index (χ0n) is 11.0. The molecule has 0 spiro atoms. The summed E-state index contributed by atoms with van der Waals surface area (Å²) in [7, 11) is 2.02. The molecule has 0 amide bonds. The molecule has 1 aliphatic heterocycles. The molecule has 0 aromatic carbocycles. The van der Waals surface area contributed by atoms with E-state index < -0.39 is 0 Å². The molecule has 0 aliphatic carbocycles. The van der Waals surface area contributed by atoms with Crippen molar-refractivity contribution in [3.05, 3.63) is 29.0 Å². The van der Waals surface area contributed by atoms with Crippen molar-refractivity contribution in [1.29, 1.82) is 0 Å². The topological polar surface area (TPSA) is 28.2 Å². The molecule has 1 atom stereocenters. The minimum absolute atomic E-state index is 0.687. The summed E-state index contributed by atoms with van der Waals surface area (Å²) in [6, 6.07) is 4.50. The zero-order valence-corrected chi connectivity index (χ0v) is 11.8. The van der Waals surface area contributed by atoms with Crippen molar-refractivity contribution in [2.45, 2.75) is 38.3 Å². The summed E-state index contributed by atoms with van der Waals surface area (Å²) in [4.78, 5) is 6.96. The second-order valence-corrected chi connectivity index (χ2v) is 5.41. The SMILES string of the molecule is CNCCC1CCCCN1Cc1cc(Cl)ccn1. The lowest BCUT2D eigenvalue weighted by molar-refractivity contribution is 0.131. The summed E-state index contributed by atoms with van der Waals surface area (Å²) in [6.07, 6.45) is 6.98. The fourth-order valence-electron chi connectivity index (χ4n) is 2.65. The summed E-state index contributed by atoms with van der Waals surface area (Å²) >= 11 is 6.01. The zero-order chi connectivity index (χ0) is 12.8. The molecule has 2 rings (SSSR count). The van der Waals surface area contributed by atoms with Crippen LogP contribution in [0, 0.1) is 0 Å². The summed E-state index contributed by atoms with van der Waals surface area (Å²) in [6.45, 7) is 3.20. The van der Waals surface area contributed by atoms with Crippen molar-refractivity contribution in [1.82, 2.24) is 15.2 Å². The van der Waals surface area contributed by atoms with E-state index in [-0.39, 0.29) is 0 Å². The van der Waals surface area contributed by atoms with Crippen LogP contribution in [0.2, 0.25) is 5.02 Å². The minimum Gasteiger partial charge on any atom is -0.320 e. The number of halogens is 1. The third kappa shape index (κ3) is 3.94. The highest BCUT2D eigenvalue weighted by Gasteiger charge is 2.22. The van der Waals surface area contributed by atoms with Gasteiger partial charge in [0.15, 0.2) is 0 Å². The first-order chi connectivity index (χ1) is 8.79. The van der Waals surface area contributed by atoms with E-state index in [0.29, 0.717) is 6.04 Å². The van der Waals surface area contributed by atoms with E-state index in [0.717, 1.165) is 23.8 Å². The molecule has 1 N–H and O–H groups in total. The normalized spacial score (nSPS) is 21.1. The van der Waals surface area contributed by atoms with Gasteiger partial charge in [0.1, 0.15) is 0 Å². The maximum Gasteiger partial charge on any atom is 0.0558 e. The monoisotopic (exact) mass is 267 g/mol. The van der Waals surface area contributed by atoms with Gasteiger partial charge >= 0.3 is 0 Å². The van der Waals surface area contributed by atoms with Crippen molar-refractivity contribution < 1.29 is 0 Å². The molecule has 0 bridgehead atoms. The van der Waals surface area contributed by atoms with Gasteiger partial charge in [0.25, 0.3) is 0 Å². The van der Waals surface area contributed by atoms with E-state index in [1.165, 1.54) is 32.2 Å². The van der Waals surface area contributed by atoms with E-state index in [2.05, 4.69) is 15.2 Å². The number of piperidine rings is 1. The van der Waals surface area contributed by atoms with Gasteiger partial charge in [-0.1, -0.05) is 18.0 Å². The van der Waals surface area contributed by atoms with Crippen LogP contribution < -0.4 is 5.32 Å². The molecular formula is C14H22ClN3. The fourth-order valence-corrected chi connectivity index (χ4v) is 2.83. The van der Waals surface area contributed by atoms with Crippen molar-refractivity contribution in [2.75, 3.05) is 20.1 Å². The maximum atomic E-state index is 6.01. The molecule has 3 nitrogen and oxygen atoms in total. The van der Waals surface area contributed by atoms with E-state index in [9.17, 15) is 0 Å². The lowest BCUT2D eigenvalue weighted by Crippen LogP contribution is -2.40. The number of nitrogens with zero attached hydrogens (tertiary/aromatic N) is 2. The van der Waals surface area contributed by atoms with Crippen LogP contribution in [0.1, 0.15) is 31.4 Å². The fraction of sp³-hybridized carbons (Fsp3) is 0.643. The Morgan fingerprint density at radius 3 is 3.17 bits per heavy atom. The molecule has 100 valence electrons. The Morgan fingerprint density at radius 2 is 2.39 bits per heavy atom. The third-order valence-corrected chi connectivity index (χ3v) is 3.86. The predicted octanol–water partition coefficient (Wildman–Crippen LogP) is 2.70. The highest BCUT2D eigenvalue weighted by atomic mass is 35.5. The van der Waals surface area contributed by atoms with Gasteiger partial charge in [0.05, 0.1) is 5.69 Å². The highest BCUT2D eigenvalue weighted by molar-refractivity contribution is 6.30. The van der Waals surface area contributed by atoms with Gasteiger partial charge in [-0.3, -0.25) is 9.88 Å². The standard InChI is InChI=1S/C14H22ClN3/c1-16-7-6-14-4-2-3-9-18(14)11-13-10-12(15)5-8-17-13/h5,8,10,14,16H,2-4,6-7,9,11H2,1H3. The van der Waals surface area contributed by atoms with Crippen molar-refractivity contribution in [3.8, 4) is 0 Å². The molecule has 4 heteroatoms. The van der Waals surface area contributed by atoms with Crippen LogP contribution in [0.25, 0.3) is 0 Å². The third-order valence-electron chi connectivity index (χ3n) is 3.62. The van der Waals surface area contributed by atoms with E-state index in [1.54, 1.807) is 6.20 Å². The van der Waals surface area contributed by atoms with Crippen molar-refractivity contribution in [2.24, 2.45) is 0 Å². The van der Waals surface area contributed by atoms with Crippen LogP contribution in [-0.4, -0.2) is 36.1 Å². The van der Waals surface area contributed by atoms with Crippen LogP contribution in [0.3, 0.4) is 0 Å². The van der Waals surface area contributed by atoms with Gasteiger partial charge < -0.3 is 5.32 Å². The molecule has 0 radical (unpaired) electrons. The number of aromatic nitrogens is 1. The van der Waals surface area contributed by atoms with E-state index >= 15 is 0 Å². The number of hydrogen-bond donors (Lipinski definition) is 1. The molecule has 1 saturated heterocycles. The molecule has 1 fully saturated rings. The van der Waals surface area contributed by atoms with Crippen LogP contribution >= 0.6 is 11.6 Å². The summed E-state index contributed by atoms with van der Waals surface area (Å²) < 4.78 is 0. The lowest BCUT2D eigenvalue weighted by Gasteiger charge is -2.35. The van der Waals surface area contributed by atoms with Gasteiger partial charge in [-0.15, -0.1) is 0 Å². The molecule has 18 heavy (non-hydrogen) atoms. The molecule has 1 aromatic heterocycles. The largest absolute Gasteiger partial charge is 0.320 e. The van der Waals surface area contributed by atoms with Gasteiger partial charge in [0.2, 0.25) is 0 Å². The van der Waals surface area contributed by atoms with Crippen LogP contribution in [0.4, 0.5) is 0 Å². The quantitative estimate of drug-likeness (QED) is 0.889. The molecular weight excluding hydrogens is 246 g/mol. The Balaban J connectivity index is 1.96. The number of nitrogens with one attached hydrogen (secondary N) is 1. The van der Waals surface area contributed by atoms with E-state index in [4.69, 9.17) is 11.6 Å². The Morgan fingerprint density at radius 1 is 1.50 bits per heavy atom. The lowest BCUT2D eigenvalue weighted by atomic mass is 9.99. The van der Waals surface area contributed by atoms with Crippen LogP contribution in [0.5, 0.6) is 0 Å². The average molecular weight is 268 g/mol. The number of pyridine rings is 1. The Kier molecular flexibility index (Phi) is 5.42. The van der Waals surface area contributed by atoms with E-state index in [1.807, 2.05) is 19.2 Å². The number of likely N-dealkylation sites (tertiary alicyclic amines) is 1. The Bertz CT molecular complexity index is 370. The van der Waals surface area contributed by atoms with Gasteiger partial charge in [-0.25, -0.2) is 0 Å². The van der Waals surface area contributed by atoms with Crippen molar-refractivity contribution in [3.63, 3.8) is 0 Å². The highest BCUT2D eigenvalue weighted by Crippen LogP contribution is 2.21. The molecule has 0 saturated carbocycles. The van der Waals surface area contributed by atoms with Gasteiger partial charge in [-0.2, -0.15) is 0 Å². The molecule has 2 heterocycles. The molecule has 1 aromatic rings. The number of hydrogen-bond acceptors (Lipinski definition) is 3. The second kappa shape index (κ2) is 7.07. The average Bonchev–Trinajstić information content (AvgIpc) is 2.38. The smallest absolute Gasteiger partial charge is 0.0558 e. The molecule has 1 unspecified atom stereocenters. The Hall–Kier alpha value is -0.640. The van der Waals surface area contributed by atoms with Gasteiger partial charge in [0, 0.05) is 23.8 Å². The molecule has 1 aliphatic rings. The summed E-state index contributed by atoms with van der Waals surface area (Å²) in [5.74, 6) is 0. The minimum atomic E-state index is 0.687. The predicted molar refractivity (Wildman–Crippen MR) is 75.8 cm³/mol. The van der Waals surface area contributed by atoms with Crippen molar-refractivity contribution >= 4 is 11.6 Å². The first-order valence-electron chi connectivity index (χ1n) is 6.78. The van der Waals surface area contributed by atoms with Crippen LogP contribution in [-0.2, 0) is 6.54 Å². The number of rotatable bonds is 5. The Labute approximate surface area is 115 Å². The summed E-state index contributed by atoms with van der Waals surface area (Å²) in [5.41, 5.74) is 1.08. The maximum absolute atomic E-state index is 6.01. The van der Waals surface area contributed by atoms with Crippen LogP contribution in [0.15, 0.2) is 18.3 Å². The second-order valence-electron chi connectivity index (χ2n) is 4.98. The van der Waals surface area contributed by atoms with Gasteiger partial charge in [-0.05, 0) is 51.5 Å². The summed E-state index contributed by atoms with van der Waals surface area (Å²) in [5, 5.41) is 4.03.